The van der Waals surface area contributed by atoms with Crippen LogP contribution in [0, 0.1) is 5.82 Å². The molecule has 34 heavy (non-hydrogen) atoms. The molecule has 2 N–H and O–H groups in total. The Labute approximate surface area is 197 Å². The number of rotatable bonds is 7. The summed E-state index contributed by atoms with van der Waals surface area (Å²) in [6.45, 7) is 1.82. The first-order valence-corrected chi connectivity index (χ1v) is 11.1. The second-order valence-electron chi connectivity index (χ2n) is 8.51. The van der Waals surface area contributed by atoms with Gasteiger partial charge in [0, 0.05) is 54.6 Å². The molecular weight excluding hydrogens is 435 g/mol. The number of aromatic nitrogens is 2. The molecule has 0 aliphatic carbocycles. The quantitative estimate of drug-likeness (QED) is 0.525. The van der Waals surface area contributed by atoms with Gasteiger partial charge < -0.3 is 20.4 Å². The van der Waals surface area contributed by atoms with Crippen molar-refractivity contribution in [3.63, 3.8) is 0 Å². The van der Waals surface area contributed by atoms with E-state index in [4.69, 9.17) is 0 Å². The number of carbonyl (C=O) groups is 2. The Bertz CT molecular complexity index is 1210. The fourth-order valence-electron chi connectivity index (χ4n) is 3.75. The summed E-state index contributed by atoms with van der Waals surface area (Å²) in [6.07, 6.45) is 5.63. The Balaban J connectivity index is 1.31. The van der Waals surface area contributed by atoms with Gasteiger partial charge >= 0.3 is 0 Å². The molecule has 1 saturated heterocycles. The number of halogens is 1. The summed E-state index contributed by atoms with van der Waals surface area (Å²) in [5.74, 6) is -0.148. The minimum Gasteiger partial charge on any atom is -0.350 e. The highest BCUT2D eigenvalue weighted by Gasteiger charge is 2.27. The van der Waals surface area contributed by atoms with Crippen LogP contribution in [0.15, 0.2) is 60.8 Å². The van der Waals surface area contributed by atoms with E-state index in [1.54, 1.807) is 47.5 Å². The van der Waals surface area contributed by atoms with Gasteiger partial charge in [-0.3, -0.25) is 9.59 Å². The molecule has 4 rings (SSSR count). The Morgan fingerprint density at radius 2 is 2.00 bits per heavy atom. The van der Waals surface area contributed by atoms with Crippen molar-refractivity contribution in [1.29, 1.82) is 0 Å². The van der Waals surface area contributed by atoms with Crippen molar-refractivity contribution < 1.29 is 14.0 Å². The Kier molecular flexibility index (Phi) is 7.12. The Hall–Kier alpha value is -3.85. The molecule has 2 amide bonds. The van der Waals surface area contributed by atoms with Crippen LogP contribution in [0.25, 0.3) is 10.9 Å². The summed E-state index contributed by atoms with van der Waals surface area (Å²) in [5, 5.41) is 6.70. The second kappa shape index (κ2) is 10.4. The normalized spacial score (nSPS) is 15.9. The molecule has 2 heterocycles. The monoisotopic (exact) mass is 462 g/mol. The van der Waals surface area contributed by atoms with Crippen molar-refractivity contribution in [3.05, 3.63) is 72.2 Å². The number of likely N-dealkylation sites (tertiary alicyclic amines) is 1. The summed E-state index contributed by atoms with van der Waals surface area (Å²) in [5.41, 5.74) is 1.85. The predicted molar refractivity (Wildman–Crippen MR) is 130 cm³/mol. The molecule has 1 atom stereocenters. The zero-order chi connectivity index (χ0) is 24.1. The minimum atomic E-state index is -0.325. The highest BCUT2D eigenvalue weighted by atomic mass is 19.1. The maximum atomic E-state index is 13.3. The SMILES string of the molecule is CN(C)C/C=C/C(=O)Nc1ccc(C(=O)N2CC[C@@H](Nc3ncc4cc(F)ccc4n3)C2)cc1. The highest BCUT2D eigenvalue weighted by Crippen LogP contribution is 2.19. The second-order valence-corrected chi connectivity index (χ2v) is 8.51. The van der Waals surface area contributed by atoms with Crippen LogP contribution in [0.3, 0.4) is 0 Å². The van der Waals surface area contributed by atoms with Gasteiger partial charge in [0.2, 0.25) is 11.9 Å². The minimum absolute atomic E-state index is 0.0226. The van der Waals surface area contributed by atoms with E-state index in [0.29, 0.717) is 47.7 Å². The maximum absolute atomic E-state index is 13.3. The maximum Gasteiger partial charge on any atom is 0.253 e. The van der Waals surface area contributed by atoms with Crippen LogP contribution < -0.4 is 10.6 Å². The zero-order valence-corrected chi connectivity index (χ0v) is 19.2. The molecule has 1 aliphatic heterocycles. The van der Waals surface area contributed by atoms with E-state index in [0.717, 1.165) is 6.42 Å². The highest BCUT2D eigenvalue weighted by molar-refractivity contribution is 6.00. The number of anilines is 2. The molecule has 3 aromatic rings. The molecule has 176 valence electrons. The molecule has 0 unspecified atom stereocenters. The van der Waals surface area contributed by atoms with Gasteiger partial charge in [-0.25, -0.2) is 14.4 Å². The lowest BCUT2D eigenvalue weighted by Gasteiger charge is -2.17. The van der Waals surface area contributed by atoms with Crippen LogP contribution in [0.2, 0.25) is 0 Å². The Morgan fingerprint density at radius 3 is 2.76 bits per heavy atom. The van der Waals surface area contributed by atoms with Crippen LogP contribution in [0.5, 0.6) is 0 Å². The van der Waals surface area contributed by atoms with Crippen molar-refractivity contribution in [1.82, 2.24) is 19.8 Å². The third-order valence-electron chi connectivity index (χ3n) is 5.49. The number of hydrogen-bond acceptors (Lipinski definition) is 6. The van der Waals surface area contributed by atoms with Gasteiger partial charge in [-0.1, -0.05) is 6.08 Å². The number of nitrogens with one attached hydrogen (secondary N) is 2. The lowest BCUT2D eigenvalue weighted by Crippen LogP contribution is -2.31. The molecule has 1 aromatic heterocycles. The first kappa shape index (κ1) is 23.3. The Morgan fingerprint density at radius 1 is 1.21 bits per heavy atom. The molecule has 1 fully saturated rings. The van der Waals surface area contributed by atoms with Crippen molar-refractivity contribution >= 4 is 34.4 Å². The first-order valence-electron chi connectivity index (χ1n) is 11.1. The summed E-state index contributed by atoms with van der Waals surface area (Å²) in [7, 11) is 3.86. The third-order valence-corrected chi connectivity index (χ3v) is 5.49. The summed E-state index contributed by atoms with van der Waals surface area (Å²) >= 11 is 0. The van der Waals surface area contributed by atoms with Gasteiger partial charge in [-0.05, 0) is 63.0 Å². The summed E-state index contributed by atoms with van der Waals surface area (Å²) in [4.78, 5) is 37.3. The van der Waals surface area contributed by atoms with Crippen molar-refractivity contribution in [2.24, 2.45) is 0 Å². The molecular formula is C25H27FN6O2. The molecule has 0 bridgehead atoms. The first-order chi connectivity index (χ1) is 16.4. The van der Waals surface area contributed by atoms with Crippen molar-refractivity contribution in [2.45, 2.75) is 12.5 Å². The van der Waals surface area contributed by atoms with Crippen molar-refractivity contribution in [3.8, 4) is 0 Å². The fourth-order valence-corrected chi connectivity index (χ4v) is 3.75. The average Bonchev–Trinajstić information content (AvgIpc) is 3.27. The van der Waals surface area contributed by atoms with Crippen LogP contribution in [-0.2, 0) is 4.79 Å². The number of carbonyl (C=O) groups excluding carboxylic acids is 2. The zero-order valence-electron chi connectivity index (χ0n) is 19.2. The number of amides is 2. The van der Waals surface area contributed by atoms with E-state index in [-0.39, 0.29) is 23.7 Å². The number of hydrogen-bond donors (Lipinski definition) is 2. The summed E-state index contributed by atoms with van der Waals surface area (Å²) in [6, 6.07) is 11.3. The number of nitrogens with zero attached hydrogens (tertiary/aromatic N) is 4. The standard InChI is InChI=1S/C25H27FN6O2/c1-31(2)12-3-4-23(33)28-20-8-5-17(6-9-20)24(34)32-13-11-21(16-32)29-25-27-15-18-14-19(26)7-10-22(18)30-25/h3-10,14-15,21H,11-13,16H2,1-2H3,(H,28,33)(H,27,29,30)/b4-3+/t21-/m1/s1. The topological polar surface area (TPSA) is 90.5 Å². The van der Waals surface area contributed by atoms with Gasteiger partial charge in [0.1, 0.15) is 5.82 Å². The van der Waals surface area contributed by atoms with E-state index < -0.39 is 0 Å². The lowest BCUT2D eigenvalue weighted by molar-refractivity contribution is -0.111. The summed E-state index contributed by atoms with van der Waals surface area (Å²) < 4.78 is 13.3. The number of benzene rings is 2. The predicted octanol–water partition coefficient (Wildman–Crippen LogP) is 3.15. The van der Waals surface area contributed by atoms with Gasteiger partial charge in [-0.2, -0.15) is 0 Å². The number of likely N-dealkylation sites (N-methyl/N-ethyl adjacent to an activating group) is 1. The van der Waals surface area contributed by atoms with Crippen LogP contribution in [0.4, 0.5) is 16.0 Å². The van der Waals surface area contributed by atoms with Crippen molar-refractivity contribution in [2.75, 3.05) is 44.4 Å². The molecule has 0 saturated carbocycles. The molecule has 0 spiro atoms. The van der Waals surface area contributed by atoms with Gasteiger partial charge in [0.25, 0.3) is 5.91 Å². The number of fused-ring (bicyclic) bond motifs is 1. The largest absolute Gasteiger partial charge is 0.350 e. The van der Waals surface area contributed by atoms with E-state index in [2.05, 4.69) is 20.6 Å². The van der Waals surface area contributed by atoms with E-state index in [1.807, 2.05) is 19.0 Å². The fraction of sp³-hybridized carbons (Fsp3) is 0.280. The molecule has 9 heteroatoms. The average molecular weight is 463 g/mol. The molecule has 1 aliphatic rings. The van der Waals surface area contributed by atoms with Crippen LogP contribution >= 0.6 is 0 Å². The van der Waals surface area contributed by atoms with Gasteiger partial charge in [0.15, 0.2) is 0 Å². The third kappa shape index (κ3) is 5.93. The lowest BCUT2D eigenvalue weighted by atomic mass is 10.2. The molecule has 2 aromatic carbocycles. The van der Waals surface area contributed by atoms with E-state index in [9.17, 15) is 14.0 Å². The van der Waals surface area contributed by atoms with Gasteiger partial charge in [0.05, 0.1) is 5.52 Å². The molecule has 0 radical (unpaired) electrons. The smallest absolute Gasteiger partial charge is 0.253 e. The van der Waals surface area contributed by atoms with Crippen LogP contribution in [-0.4, -0.2) is 71.4 Å². The molecule has 8 nitrogen and oxygen atoms in total. The van der Waals surface area contributed by atoms with Crippen LogP contribution in [0.1, 0.15) is 16.8 Å². The van der Waals surface area contributed by atoms with E-state index >= 15 is 0 Å². The van der Waals surface area contributed by atoms with Gasteiger partial charge in [-0.15, -0.1) is 0 Å². The van der Waals surface area contributed by atoms with E-state index in [1.165, 1.54) is 18.2 Å².